The van der Waals surface area contributed by atoms with E-state index in [9.17, 15) is 14.0 Å². The maximum atomic E-state index is 13.2. The minimum Gasteiger partial charge on any atom is -0.354 e. The first kappa shape index (κ1) is 22.9. The summed E-state index contributed by atoms with van der Waals surface area (Å²) in [4.78, 5) is 27.1. The van der Waals surface area contributed by atoms with Crippen molar-refractivity contribution in [3.63, 3.8) is 0 Å². The zero-order chi connectivity index (χ0) is 21.2. The second-order valence-electron chi connectivity index (χ2n) is 7.06. The number of benzene rings is 2. The van der Waals surface area contributed by atoms with Gasteiger partial charge in [-0.3, -0.25) is 9.59 Å². The number of hydrogen-bond donors (Lipinski definition) is 1. The van der Waals surface area contributed by atoms with E-state index in [2.05, 4.69) is 12.2 Å². The van der Waals surface area contributed by atoms with Gasteiger partial charge in [0.05, 0.1) is 0 Å². The fourth-order valence-electron chi connectivity index (χ4n) is 2.99. The third-order valence-electron chi connectivity index (χ3n) is 4.83. The van der Waals surface area contributed by atoms with Crippen LogP contribution in [0.15, 0.2) is 48.5 Å². The van der Waals surface area contributed by atoms with E-state index in [1.54, 1.807) is 30.0 Å². The molecule has 2 aromatic rings. The lowest BCUT2D eigenvalue weighted by molar-refractivity contribution is -0.140. The van der Waals surface area contributed by atoms with Crippen molar-refractivity contribution >= 4 is 23.4 Å². The molecule has 0 fully saturated rings. The van der Waals surface area contributed by atoms with Gasteiger partial charge in [-0.05, 0) is 49.1 Å². The summed E-state index contributed by atoms with van der Waals surface area (Å²) >= 11 is 6.19. The number of carbonyl (C=O) groups excluding carboxylic acids is 2. The van der Waals surface area contributed by atoms with Crippen LogP contribution in [-0.2, 0) is 22.6 Å². The molecular weight excluding hydrogens is 391 g/mol. The Morgan fingerprint density at radius 3 is 2.48 bits per heavy atom. The molecule has 2 rings (SSSR count). The monoisotopic (exact) mass is 418 g/mol. The van der Waals surface area contributed by atoms with Crippen molar-refractivity contribution in [1.82, 2.24) is 10.2 Å². The molecule has 0 bridgehead atoms. The minimum atomic E-state index is -0.629. The normalized spacial score (nSPS) is 11.7. The number of nitrogens with one attached hydrogen (secondary N) is 1. The number of hydrogen-bond acceptors (Lipinski definition) is 2. The average molecular weight is 419 g/mol. The van der Waals surface area contributed by atoms with Gasteiger partial charge in [-0.2, -0.15) is 0 Å². The minimum absolute atomic E-state index is 0.146. The number of carbonyl (C=O) groups is 2. The lowest BCUT2D eigenvalue weighted by atomic mass is 10.1. The van der Waals surface area contributed by atoms with Gasteiger partial charge in [0.1, 0.15) is 11.9 Å². The van der Waals surface area contributed by atoms with Crippen LogP contribution in [0.2, 0.25) is 5.02 Å². The summed E-state index contributed by atoms with van der Waals surface area (Å²) in [5, 5.41) is 3.50. The topological polar surface area (TPSA) is 49.4 Å². The van der Waals surface area contributed by atoms with Crippen LogP contribution >= 0.6 is 11.6 Å². The SMILES string of the molecule is CCCCNC(=O)[C@@H](C)N(Cc1ccc(F)cc1)C(=O)CCc1ccccc1Cl. The third-order valence-corrected chi connectivity index (χ3v) is 5.20. The first-order chi connectivity index (χ1) is 13.9. The van der Waals surface area contributed by atoms with Crippen LogP contribution < -0.4 is 5.32 Å². The molecule has 0 saturated heterocycles. The van der Waals surface area contributed by atoms with Gasteiger partial charge in [0.25, 0.3) is 0 Å². The average Bonchev–Trinajstić information content (AvgIpc) is 2.72. The predicted octanol–water partition coefficient (Wildman–Crippen LogP) is 4.75. The molecule has 0 saturated carbocycles. The Balaban J connectivity index is 2.11. The second kappa shape index (κ2) is 11.6. The van der Waals surface area contributed by atoms with E-state index in [0.717, 1.165) is 24.0 Å². The molecule has 0 radical (unpaired) electrons. The molecule has 1 N–H and O–H groups in total. The highest BCUT2D eigenvalue weighted by Crippen LogP contribution is 2.18. The Morgan fingerprint density at radius 2 is 1.83 bits per heavy atom. The number of unbranched alkanes of at least 4 members (excludes halogenated alkanes) is 1. The lowest BCUT2D eigenvalue weighted by Crippen LogP contribution is -2.47. The van der Waals surface area contributed by atoms with Gasteiger partial charge in [-0.1, -0.05) is 55.3 Å². The Morgan fingerprint density at radius 1 is 1.14 bits per heavy atom. The Bertz CT molecular complexity index is 811. The number of amides is 2. The zero-order valence-corrected chi connectivity index (χ0v) is 17.7. The van der Waals surface area contributed by atoms with Crippen molar-refractivity contribution in [2.75, 3.05) is 6.54 Å². The molecular formula is C23H28ClFN2O2. The van der Waals surface area contributed by atoms with Crippen LogP contribution in [0.25, 0.3) is 0 Å². The molecule has 0 aromatic heterocycles. The van der Waals surface area contributed by atoms with Crippen LogP contribution in [0.4, 0.5) is 4.39 Å². The highest BCUT2D eigenvalue weighted by molar-refractivity contribution is 6.31. The van der Waals surface area contributed by atoms with Gasteiger partial charge < -0.3 is 10.2 Å². The summed E-state index contributed by atoms with van der Waals surface area (Å²) < 4.78 is 13.2. The van der Waals surface area contributed by atoms with E-state index in [0.29, 0.717) is 18.0 Å². The van der Waals surface area contributed by atoms with Crippen molar-refractivity contribution in [3.05, 3.63) is 70.5 Å². The van der Waals surface area contributed by atoms with E-state index in [-0.39, 0.29) is 30.6 Å². The van der Waals surface area contributed by atoms with Crippen molar-refractivity contribution in [2.45, 2.75) is 52.1 Å². The number of aryl methyl sites for hydroxylation is 1. The summed E-state index contributed by atoms with van der Waals surface area (Å²) in [6.07, 6.45) is 2.59. The summed E-state index contributed by atoms with van der Waals surface area (Å²) in [6, 6.07) is 12.7. The number of rotatable bonds is 10. The molecule has 0 aliphatic heterocycles. The van der Waals surface area contributed by atoms with Crippen LogP contribution in [-0.4, -0.2) is 29.3 Å². The summed E-state index contributed by atoms with van der Waals surface area (Å²) in [5.41, 5.74) is 1.66. The zero-order valence-electron chi connectivity index (χ0n) is 17.0. The number of halogens is 2. The summed E-state index contributed by atoms with van der Waals surface area (Å²) in [6.45, 7) is 4.59. The molecule has 0 spiro atoms. The third kappa shape index (κ3) is 7.17. The molecule has 156 valence electrons. The number of nitrogens with zero attached hydrogens (tertiary/aromatic N) is 1. The van der Waals surface area contributed by atoms with Gasteiger partial charge in [-0.25, -0.2) is 4.39 Å². The van der Waals surface area contributed by atoms with E-state index in [1.807, 2.05) is 18.2 Å². The van der Waals surface area contributed by atoms with Crippen molar-refractivity contribution < 1.29 is 14.0 Å². The van der Waals surface area contributed by atoms with E-state index < -0.39 is 6.04 Å². The fourth-order valence-corrected chi connectivity index (χ4v) is 3.22. The largest absolute Gasteiger partial charge is 0.354 e. The van der Waals surface area contributed by atoms with Crippen LogP contribution in [0, 0.1) is 5.82 Å². The molecule has 0 aliphatic carbocycles. The van der Waals surface area contributed by atoms with Gasteiger partial charge in [0.15, 0.2) is 0 Å². The maximum absolute atomic E-state index is 13.2. The Hall–Kier alpha value is -2.40. The van der Waals surface area contributed by atoms with E-state index >= 15 is 0 Å². The molecule has 2 aromatic carbocycles. The second-order valence-corrected chi connectivity index (χ2v) is 7.47. The van der Waals surface area contributed by atoms with Crippen LogP contribution in [0.1, 0.15) is 44.2 Å². The first-order valence-electron chi connectivity index (χ1n) is 9.97. The lowest BCUT2D eigenvalue weighted by Gasteiger charge is -2.29. The molecule has 6 heteroatoms. The summed E-state index contributed by atoms with van der Waals surface area (Å²) in [7, 11) is 0. The fraction of sp³-hybridized carbons (Fsp3) is 0.391. The highest BCUT2D eigenvalue weighted by Gasteiger charge is 2.25. The molecule has 0 heterocycles. The molecule has 29 heavy (non-hydrogen) atoms. The van der Waals surface area contributed by atoms with Crippen LogP contribution in [0.5, 0.6) is 0 Å². The standard InChI is InChI=1S/C23H28ClFN2O2/c1-3-4-15-26-23(29)17(2)27(16-18-9-12-20(25)13-10-18)22(28)14-11-19-7-5-6-8-21(19)24/h5-10,12-13,17H,3-4,11,14-16H2,1-2H3,(H,26,29)/t17-/m1/s1. The van der Waals surface area contributed by atoms with Crippen molar-refractivity contribution in [1.29, 1.82) is 0 Å². The quantitative estimate of drug-likeness (QED) is 0.566. The smallest absolute Gasteiger partial charge is 0.242 e. The maximum Gasteiger partial charge on any atom is 0.242 e. The Kier molecular flexibility index (Phi) is 9.13. The van der Waals surface area contributed by atoms with Gasteiger partial charge >= 0.3 is 0 Å². The predicted molar refractivity (Wildman–Crippen MR) is 114 cm³/mol. The first-order valence-corrected chi connectivity index (χ1v) is 10.3. The molecule has 0 unspecified atom stereocenters. The highest BCUT2D eigenvalue weighted by atomic mass is 35.5. The Labute approximate surface area is 177 Å². The molecule has 4 nitrogen and oxygen atoms in total. The van der Waals surface area contributed by atoms with E-state index in [1.165, 1.54) is 12.1 Å². The van der Waals surface area contributed by atoms with Crippen molar-refractivity contribution in [2.24, 2.45) is 0 Å². The molecule has 2 amide bonds. The van der Waals surface area contributed by atoms with Gasteiger partial charge in [0.2, 0.25) is 11.8 Å². The van der Waals surface area contributed by atoms with Gasteiger partial charge in [-0.15, -0.1) is 0 Å². The molecule has 0 aliphatic rings. The van der Waals surface area contributed by atoms with Crippen LogP contribution in [0.3, 0.4) is 0 Å². The summed E-state index contributed by atoms with van der Waals surface area (Å²) in [5.74, 6) is -0.672. The van der Waals surface area contributed by atoms with Crippen molar-refractivity contribution in [3.8, 4) is 0 Å². The molecule has 1 atom stereocenters. The van der Waals surface area contributed by atoms with Gasteiger partial charge in [0, 0.05) is 24.5 Å². The van der Waals surface area contributed by atoms with E-state index in [4.69, 9.17) is 11.6 Å².